The Bertz CT molecular complexity index is 772. The van der Waals surface area contributed by atoms with Crippen LogP contribution in [0.25, 0.3) is 0 Å². The molecule has 0 N–H and O–H groups in total. The van der Waals surface area contributed by atoms with Crippen LogP contribution in [0, 0.1) is 0 Å². The number of ether oxygens (including phenoxy) is 1. The Morgan fingerprint density at radius 3 is 1.54 bits per heavy atom. The van der Waals surface area contributed by atoms with Crippen molar-refractivity contribution < 1.29 is 21.7 Å². The standard InChI is InChI=1S/C25H26OP.BrH/c1-6-14-23(15-7-1)27(24-16-8-2-9-17-24,25-18-10-3-11-19-25)21-22-13-5-4-12-20-26-22;/h1-3,6-11,14-19,21H,4-5,12-13,20H2;1H/q+1;/p-1/b22-21+;. The zero-order valence-electron chi connectivity index (χ0n) is 16.0. The van der Waals surface area contributed by atoms with Crippen LogP contribution < -0.4 is 32.9 Å². The van der Waals surface area contributed by atoms with Crippen LogP contribution in [-0.4, -0.2) is 6.61 Å². The first-order valence-electron chi connectivity index (χ1n) is 9.80. The van der Waals surface area contributed by atoms with Crippen molar-refractivity contribution in [3.8, 4) is 0 Å². The molecule has 4 rings (SSSR count). The molecule has 0 amide bonds. The highest BCUT2D eigenvalue weighted by atomic mass is 79.9. The molecule has 0 spiro atoms. The number of hydrogen-bond donors (Lipinski definition) is 0. The number of rotatable bonds is 4. The molecule has 1 aliphatic heterocycles. The van der Waals surface area contributed by atoms with Crippen LogP contribution in [0.2, 0.25) is 0 Å². The lowest BCUT2D eigenvalue weighted by atomic mass is 10.2. The summed E-state index contributed by atoms with van der Waals surface area (Å²) in [5.41, 5.74) is 0. The Hall–Kier alpha value is -1.89. The maximum atomic E-state index is 6.21. The average molecular weight is 453 g/mol. The summed E-state index contributed by atoms with van der Waals surface area (Å²) >= 11 is 0. The van der Waals surface area contributed by atoms with Crippen molar-refractivity contribution in [2.45, 2.75) is 25.7 Å². The molecule has 0 saturated carbocycles. The van der Waals surface area contributed by atoms with Gasteiger partial charge in [0.05, 0.1) is 6.61 Å². The fourth-order valence-corrected chi connectivity index (χ4v) is 7.74. The van der Waals surface area contributed by atoms with Gasteiger partial charge in [0.1, 0.15) is 34.8 Å². The number of hydrogen-bond acceptors (Lipinski definition) is 1. The quantitative estimate of drug-likeness (QED) is 0.552. The summed E-state index contributed by atoms with van der Waals surface area (Å²) in [4.78, 5) is 0. The molecule has 1 nitrogen and oxygen atoms in total. The first-order chi connectivity index (χ1) is 13.4. The van der Waals surface area contributed by atoms with Crippen molar-refractivity contribution in [2.24, 2.45) is 0 Å². The SMILES string of the molecule is C(=C1/CCCCCO1)/[P+](c1ccccc1)(c1ccccc1)c1ccccc1.[Br-]. The molecule has 0 bridgehead atoms. The van der Waals surface area contributed by atoms with Crippen LogP contribution in [0.4, 0.5) is 0 Å². The summed E-state index contributed by atoms with van der Waals surface area (Å²) in [6.45, 7) is 0.838. The summed E-state index contributed by atoms with van der Waals surface area (Å²) < 4.78 is 6.21. The molecule has 1 fully saturated rings. The second kappa shape index (κ2) is 10.0. The maximum Gasteiger partial charge on any atom is 0.140 e. The van der Waals surface area contributed by atoms with Crippen molar-refractivity contribution in [3.05, 3.63) is 103 Å². The molecular formula is C25H26BrOP. The minimum absolute atomic E-state index is 0. The minimum Gasteiger partial charge on any atom is -1.00 e. The van der Waals surface area contributed by atoms with Crippen molar-refractivity contribution in [3.63, 3.8) is 0 Å². The van der Waals surface area contributed by atoms with Crippen LogP contribution in [0.15, 0.2) is 103 Å². The van der Waals surface area contributed by atoms with Gasteiger partial charge in [0.2, 0.25) is 0 Å². The third-order valence-corrected chi connectivity index (χ3v) is 9.20. The van der Waals surface area contributed by atoms with E-state index in [1.807, 2.05) is 0 Å². The topological polar surface area (TPSA) is 9.23 Å². The molecule has 144 valence electrons. The van der Waals surface area contributed by atoms with E-state index in [4.69, 9.17) is 4.74 Å². The van der Waals surface area contributed by atoms with Gasteiger partial charge in [0.15, 0.2) is 0 Å². The smallest absolute Gasteiger partial charge is 0.140 e. The summed E-state index contributed by atoms with van der Waals surface area (Å²) in [7, 11) is -1.93. The molecule has 1 heterocycles. The Morgan fingerprint density at radius 1 is 0.607 bits per heavy atom. The van der Waals surface area contributed by atoms with Crippen molar-refractivity contribution >= 4 is 23.2 Å². The molecule has 1 aliphatic rings. The van der Waals surface area contributed by atoms with Crippen LogP contribution in [0.3, 0.4) is 0 Å². The number of benzene rings is 3. The molecule has 28 heavy (non-hydrogen) atoms. The normalized spacial score (nSPS) is 15.9. The number of allylic oxidation sites excluding steroid dienone is 1. The Kier molecular flexibility index (Phi) is 7.48. The van der Waals surface area contributed by atoms with Crippen LogP contribution in [-0.2, 0) is 4.74 Å². The van der Waals surface area contributed by atoms with Gasteiger partial charge >= 0.3 is 0 Å². The minimum atomic E-state index is -1.93. The van der Waals surface area contributed by atoms with E-state index in [9.17, 15) is 0 Å². The summed E-state index contributed by atoms with van der Waals surface area (Å²) in [6, 6.07) is 32.9. The summed E-state index contributed by atoms with van der Waals surface area (Å²) in [6.07, 6.45) is 4.66. The third kappa shape index (κ3) is 4.40. The second-order valence-electron chi connectivity index (χ2n) is 6.98. The van der Waals surface area contributed by atoms with Gasteiger partial charge < -0.3 is 21.7 Å². The monoisotopic (exact) mass is 452 g/mol. The van der Waals surface area contributed by atoms with Crippen LogP contribution in [0.1, 0.15) is 25.7 Å². The molecule has 3 aromatic carbocycles. The summed E-state index contributed by atoms with van der Waals surface area (Å²) in [5, 5.41) is 4.13. The molecule has 0 unspecified atom stereocenters. The second-order valence-corrected chi connectivity index (χ2v) is 10.2. The first kappa shape index (κ1) is 20.8. The van der Waals surface area contributed by atoms with Gasteiger partial charge in [-0.25, -0.2) is 0 Å². The zero-order chi connectivity index (χ0) is 18.4. The van der Waals surface area contributed by atoms with Gasteiger partial charge in [0, 0.05) is 6.42 Å². The highest BCUT2D eigenvalue weighted by Crippen LogP contribution is 2.58. The molecular weight excluding hydrogens is 427 g/mol. The molecule has 0 radical (unpaired) electrons. The van der Waals surface area contributed by atoms with E-state index in [1.54, 1.807) is 0 Å². The Morgan fingerprint density at radius 2 is 1.07 bits per heavy atom. The molecule has 0 aliphatic carbocycles. The lowest BCUT2D eigenvalue weighted by molar-refractivity contribution is -0.00000606. The summed E-state index contributed by atoms with van der Waals surface area (Å²) in [5.74, 6) is 3.65. The van der Waals surface area contributed by atoms with Gasteiger partial charge in [-0.05, 0) is 55.7 Å². The largest absolute Gasteiger partial charge is 1.00 e. The van der Waals surface area contributed by atoms with E-state index in [0.29, 0.717) is 0 Å². The predicted molar refractivity (Wildman–Crippen MR) is 118 cm³/mol. The van der Waals surface area contributed by atoms with E-state index in [2.05, 4.69) is 96.8 Å². The van der Waals surface area contributed by atoms with Gasteiger partial charge in [-0.2, -0.15) is 0 Å². The molecule has 0 aromatic heterocycles. The Balaban J connectivity index is 0.00000225. The van der Waals surface area contributed by atoms with E-state index in [-0.39, 0.29) is 17.0 Å². The maximum absolute atomic E-state index is 6.21. The van der Waals surface area contributed by atoms with Crippen molar-refractivity contribution in [1.82, 2.24) is 0 Å². The van der Waals surface area contributed by atoms with Crippen LogP contribution >= 0.6 is 7.26 Å². The third-order valence-electron chi connectivity index (χ3n) is 5.18. The predicted octanol–water partition coefficient (Wildman–Crippen LogP) is 2.42. The van der Waals surface area contributed by atoms with E-state index in [0.717, 1.165) is 25.2 Å². The highest BCUT2D eigenvalue weighted by molar-refractivity contribution is 7.98. The molecule has 3 heteroatoms. The highest BCUT2D eigenvalue weighted by Gasteiger charge is 2.44. The van der Waals surface area contributed by atoms with Gasteiger partial charge in [-0.1, -0.05) is 54.6 Å². The molecule has 0 atom stereocenters. The van der Waals surface area contributed by atoms with Gasteiger partial charge in [-0.3, -0.25) is 0 Å². The first-order valence-corrected chi connectivity index (χ1v) is 11.7. The Labute approximate surface area is 179 Å². The lowest BCUT2D eigenvalue weighted by Gasteiger charge is -2.25. The number of halogens is 1. The zero-order valence-corrected chi connectivity index (χ0v) is 18.5. The molecule has 1 saturated heterocycles. The van der Waals surface area contributed by atoms with Crippen LogP contribution in [0.5, 0.6) is 0 Å². The van der Waals surface area contributed by atoms with E-state index in [1.165, 1.54) is 28.8 Å². The van der Waals surface area contributed by atoms with E-state index >= 15 is 0 Å². The lowest BCUT2D eigenvalue weighted by Crippen LogP contribution is -3.00. The average Bonchev–Trinajstić information content (AvgIpc) is 3.02. The van der Waals surface area contributed by atoms with Gasteiger partial charge in [0.25, 0.3) is 0 Å². The van der Waals surface area contributed by atoms with Crippen molar-refractivity contribution in [1.29, 1.82) is 0 Å². The fourth-order valence-electron chi connectivity index (χ4n) is 3.83. The van der Waals surface area contributed by atoms with Gasteiger partial charge in [-0.15, -0.1) is 0 Å². The van der Waals surface area contributed by atoms with E-state index < -0.39 is 7.26 Å². The molecule has 3 aromatic rings. The van der Waals surface area contributed by atoms with Crippen molar-refractivity contribution in [2.75, 3.05) is 6.61 Å². The fraction of sp³-hybridized carbons (Fsp3) is 0.200.